The van der Waals surface area contributed by atoms with E-state index in [0.717, 1.165) is 30.5 Å². The van der Waals surface area contributed by atoms with Crippen molar-refractivity contribution in [3.05, 3.63) is 35.5 Å². The van der Waals surface area contributed by atoms with Gasteiger partial charge >= 0.3 is 0 Å². The van der Waals surface area contributed by atoms with Gasteiger partial charge in [-0.2, -0.15) is 5.10 Å². The molecule has 0 saturated heterocycles. The van der Waals surface area contributed by atoms with Gasteiger partial charge < -0.3 is 10.4 Å². The first-order valence-corrected chi connectivity index (χ1v) is 9.54. The van der Waals surface area contributed by atoms with Crippen LogP contribution in [0.5, 0.6) is 0 Å². The van der Waals surface area contributed by atoms with Crippen LogP contribution in [0, 0.1) is 10.8 Å². The first-order valence-electron chi connectivity index (χ1n) is 9.54. The van der Waals surface area contributed by atoms with Crippen molar-refractivity contribution in [2.45, 2.75) is 58.9 Å². The summed E-state index contributed by atoms with van der Waals surface area (Å²) in [6.45, 7) is 8.19. The Morgan fingerprint density at radius 1 is 1.44 bits per heavy atom. The number of fused-ring (bicyclic) bond motifs is 3. The van der Waals surface area contributed by atoms with Crippen molar-refractivity contribution >= 4 is 5.91 Å². The summed E-state index contributed by atoms with van der Waals surface area (Å²) in [6.07, 6.45) is 7.97. The van der Waals surface area contributed by atoms with E-state index < -0.39 is 0 Å². The molecule has 7 heteroatoms. The second-order valence-corrected chi connectivity index (χ2v) is 9.17. The molecule has 2 aliphatic rings. The summed E-state index contributed by atoms with van der Waals surface area (Å²) < 4.78 is 1.80. The summed E-state index contributed by atoms with van der Waals surface area (Å²) in [5.41, 5.74) is 2.63. The Kier molecular flexibility index (Phi) is 4.10. The highest BCUT2D eigenvalue weighted by Crippen LogP contribution is 2.65. The second kappa shape index (κ2) is 6.12. The summed E-state index contributed by atoms with van der Waals surface area (Å²) in [7, 11) is 0. The molecule has 0 aliphatic heterocycles. The van der Waals surface area contributed by atoms with Crippen molar-refractivity contribution in [1.82, 2.24) is 25.1 Å². The fourth-order valence-electron chi connectivity index (χ4n) is 4.11. The quantitative estimate of drug-likeness (QED) is 0.862. The van der Waals surface area contributed by atoms with Crippen molar-refractivity contribution in [2.24, 2.45) is 10.8 Å². The lowest BCUT2D eigenvalue weighted by Crippen LogP contribution is -2.46. The Morgan fingerprint density at radius 3 is 2.85 bits per heavy atom. The zero-order valence-electron chi connectivity index (χ0n) is 16.4. The van der Waals surface area contributed by atoms with Crippen molar-refractivity contribution in [3.8, 4) is 5.82 Å². The predicted molar refractivity (Wildman–Crippen MR) is 101 cm³/mol. The maximum absolute atomic E-state index is 13.0. The molecule has 2 aromatic heterocycles. The first kappa shape index (κ1) is 18.1. The van der Waals surface area contributed by atoms with E-state index in [1.165, 1.54) is 0 Å². The van der Waals surface area contributed by atoms with E-state index in [0.29, 0.717) is 22.8 Å². The van der Waals surface area contributed by atoms with E-state index in [2.05, 4.69) is 27.3 Å². The number of hydrogen-bond acceptors (Lipinski definition) is 5. The van der Waals surface area contributed by atoms with Gasteiger partial charge in [0.25, 0.3) is 5.91 Å². The molecule has 3 atom stereocenters. The highest BCUT2D eigenvalue weighted by molar-refractivity contribution is 5.94. The molecule has 2 aliphatic carbocycles. The zero-order chi connectivity index (χ0) is 19.4. The number of carbonyl (C=O) groups is 1. The number of hydrogen-bond donors (Lipinski definition) is 2. The minimum atomic E-state index is -0.336. The Balaban J connectivity index is 1.74. The molecule has 144 valence electrons. The van der Waals surface area contributed by atoms with Gasteiger partial charge in [-0.15, -0.1) is 0 Å². The summed E-state index contributed by atoms with van der Waals surface area (Å²) in [4.78, 5) is 21.6. The van der Waals surface area contributed by atoms with Crippen LogP contribution in [0.15, 0.2) is 18.6 Å². The molecule has 4 rings (SSSR count). The average Bonchev–Trinajstić information content (AvgIpc) is 3.17. The Labute approximate surface area is 159 Å². The van der Waals surface area contributed by atoms with E-state index >= 15 is 0 Å². The summed E-state index contributed by atoms with van der Waals surface area (Å²) in [5, 5.41) is 17.3. The maximum Gasteiger partial charge on any atom is 0.272 e. The molecule has 3 unspecified atom stereocenters. The highest BCUT2D eigenvalue weighted by Gasteiger charge is 2.56. The molecular formula is C20H27N5O2. The molecule has 2 aromatic rings. The molecule has 0 radical (unpaired) electrons. The minimum Gasteiger partial charge on any atom is -0.394 e. The van der Waals surface area contributed by atoms with Crippen molar-refractivity contribution in [3.63, 3.8) is 0 Å². The van der Waals surface area contributed by atoms with E-state index in [4.69, 9.17) is 0 Å². The van der Waals surface area contributed by atoms with E-state index in [1.54, 1.807) is 23.3 Å². The SMILES string of the molecule is CC(C)(C)C(CO)NC(=O)c1nn(-c2cnccn2)c2c1CCC1(C)CC21. The number of aliphatic hydroxyl groups is 1. The number of amides is 1. The second-order valence-electron chi connectivity index (χ2n) is 9.17. The van der Waals surface area contributed by atoms with Crippen molar-refractivity contribution in [2.75, 3.05) is 6.61 Å². The molecule has 1 amide bonds. The molecule has 1 fully saturated rings. The van der Waals surface area contributed by atoms with Gasteiger partial charge in [0.15, 0.2) is 11.5 Å². The first-order chi connectivity index (χ1) is 12.7. The van der Waals surface area contributed by atoms with Crippen LogP contribution >= 0.6 is 0 Å². The van der Waals surface area contributed by atoms with Crippen LogP contribution < -0.4 is 5.32 Å². The Hall–Kier alpha value is -2.28. The Bertz CT molecular complexity index is 870. The zero-order valence-corrected chi connectivity index (χ0v) is 16.4. The van der Waals surface area contributed by atoms with Gasteiger partial charge in [0.1, 0.15) is 0 Å². The van der Waals surface area contributed by atoms with Crippen LogP contribution in [0.3, 0.4) is 0 Å². The highest BCUT2D eigenvalue weighted by atomic mass is 16.3. The number of nitrogens with zero attached hydrogens (tertiary/aromatic N) is 4. The van der Waals surface area contributed by atoms with Gasteiger partial charge in [-0.1, -0.05) is 27.7 Å². The average molecular weight is 369 g/mol. The van der Waals surface area contributed by atoms with Crippen LogP contribution in [0.25, 0.3) is 5.82 Å². The van der Waals surface area contributed by atoms with E-state index in [-0.39, 0.29) is 24.0 Å². The molecule has 27 heavy (non-hydrogen) atoms. The van der Waals surface area contributed by atoms with Gasteiger partial charge in [0.2, 0.25) is 0 Å². The van der Waals surface area contributed by atoms with Crippen LogP contribution in [-0.4, -0.2) is 43.4 Å². The monoisotopic (exact) mass is 369 g/mol. The molecule has 2 N–H and O–H groups in total. The predicted octanol–water partition coefficient (Wildman–Crippen LogP) is 2.24. The molecule has 7 nitrogen and oxygen atoms in total. The standard InChI is InChI=1S/C20H27N5O2/c1-19(2,3)14(11-26)23-18(27)16-12-5-6-20(4)9-13(20)17(12)25(24-16)15-10-21-7-8-22-15/h7-8,10,13-14,26H,5-6,9,11H2,1-4H3,(H,23,27). The number of rotatable bonds is 4. The van der Waals surface area contributed by atoms with Gasteiger partial charge in [-0.3, -0.25) is 9.78 Å². The lowest BCUT2D eigenvalue weighted by Gasteiger charge is -2.29. The van der Waals surface area contributed by atoms with Gasteiger partial charge in [-0.25, -0.2) is 9.67 Å². The fraction of sp³-hybridized carbons (Fsp3) is 0.600. The molecule has 0 aromatic carbocycles. The van der Waals surface area contributed by atoms with Crippen molar-refractivity contribution < 1.29 is 9.90 Å². The summed E-state index contributed by atoms with van der Waals surface area (Å²) >= 11 is 0. The molecular weight excluding hydrogens is 342 g/mol. The fourth-order valence-corrected chi connectivity index (χ4v) is 4.11. The third-order valence-corrected chi connectivity index (χ3v) is 6.17. The lowest BCUT2D eigenvalue weighted by atomic mass is 9.86. The number of carbonyl (C=O) groups excluding carboxylic acids is 1. The van der Waals surface area contributed by atoms with Gasteiger partial charge in [0, 0.05) is 23.9 Å². The summed E-state index contributed by atoms with van der Waals surface area (Å²) in [6, 6.07) is -0.336. The van der Waals surface area contributed by atoms with Crippen LogP contribution in [-0.2, 0) is 6.42 Å². The summed E-state index contributed by atoms with van der Waals surface area (Å²) in [5.74, 6) is 0.819. The van der Waals surface area contributed by atoms with Gasteiger partial charge in [0.05, 0.1) is 24.5 Å². The molecule has 2 heterocycles. The lowest BCUT2D eigenvalue weighted by molar-refractivity contribution is 0.0841. The minimum absolute atomic E-state index is 0.108. The number of nitrogens with one attached hydrogen (secondary N) is 1. The van der Waals surface area contributed by atoms with Crippen LogP contribution in [0.2, 0.25) is 0 Å². The van der Waals surface area contributed by atoms with Crippen LogP contribution in [0.4, 0.5) is 0 Å². The Morgan fingerprint density at radius 2 is 2.22 bits per heavy atom. The van der Waals surface area contributed by atoms with Crippen LogP contribution in [0.1, 0.15) is 68.2 Å². The normalized spacial score (nSPS) is 24.7. The number of aliphatic hydroxyl groups excluding tert-OH is 1. The van der Waals surface area contributed by atoms with Gasteiger partial charge in [-0.05, 0) is 30.1 Å². The third kappa shape index (κ3) is 3.04. The molecule has 0 bridgehead atoms. The van der Waals surface area contributed by atoms with E-state index in [1.807, 2.05) is 20.8 Å². The third-order valence-electron chi connectivity index (χ3n) is 6.17. The van der Waals surface area contributed by atoms with Crippen molar-refractivity contribution in [1.29, 1.82) is 0 Å². The number of aromatic nitrogens is 4. The topological polar surface area (TPSA) is 92.9 Å². The largest absolute Gasteiger partial charge is 0.394 e. The molecule has 0 spiro atoms. The smallest absolute Gasteiger partial charge is 0.272 e. The van der Waals surface area contributed by atoms with E-state index in [9.17, 15) is 9.90 Å². The molecule has 1 saturated carbocycles. The maximum atomic E-state index is 13.0.